The molecule has 0 saturated heterocycles. The van der Waals surface area contributed by atoms with Crippen LogP contribution in [0, 0.1) is 6.92 Å². The van der Waals surface area contributed by atoms with Gasteiger partial charge in [-0.15, -0.1) is 0 Å². The Kier molecular flexibility index (Phi) is 21.9. The number of hydrogen-bond donors (Lipinski definition) is 0. The molecule has 0 N–H and O–H groups in total. The van der Waals surface area contributed by atoms with E-state index in [4.69, 9.17) is 4.74 Å². The third-order valence-electron chi connectivity index (χ3n) is 3.96. The lowest BCUT2D eigenvalue weighted by atomic mass is 9.77. The van der Waals surface area contributed by atoms with Gasteiger partial charge < -0.3 is 4.74 Å². The van der Waals surface area contributed by atoms with Crippen molar-refractivity contribution in [3.05, 3.63) is 28.8 Å². The van der Waals surface area contributed by atoms with Crippen LogP contribution in [0.4, 0.5) is 0 Å². The minimum atomic E-state index is 0.150. The summed E-state index contributed by atoms with van der Waals surface area (Å²) in [5, 5.41) is 0. The first kappa shape index (κ1) is 32.7. The largest absolute Gasteiger partial charge is 0.496 e. The van der Waals surface area contributed by atoms with Crippen molar-refractivity contribution in [2.24, 2.45) is 0 Å². The van der Waals surface area contributed by atoms with Crippen LogP contribution in [0.2, 0.25) is 0 Å². The highest BCUT2D eigenvalue weighted by atomic mass is 16.5. The van der Waals surface area contributed by atoms with Gasteiger partial charge in [-0.05, 0) is 35.3 Å². The van der Waals surface area contributed by atoms with Crippen molar-refractivity contribution < 1.29 is 4.74 Å². The van der Waals surface area contributed by atoms with E-state index < -0.39 is 0 Å². The Morgan fingerprint density at radius 3 is 1.42 bits per heavy atom. The quantitative estimate of drug-likeness (QED) is 0.517. The topological polar surface area (TPSA) is 9.23 Å². The number of methoxy groups -OCH3 is 1. The maximum Gasteiger partial charge on any atom is 0.125 e. The molecule has 0 amide bonds. The zero-order valence-corrected chi connectivity index (χ0v) is 21.3. The van der Waals surface area contributed by atoms with Crippen molar-refractivity contribution >= 4 is 0 Å². The molecular formula is C25H52O. The zero-order chi connectivity index (χ0) is 22.1. The Balaban J connectivity index is -0.000000266. The molecule has 158 valence electrons. The van der Waals surface area contributed by atoms with E-state index in [0.717, 1.165) is 12.2 Å². The molecule has 0 heterocycles. The summed E-state index contributed by atoms with van der Waals surface area (Å²) >= 11 is 0. The van der Waals surface area contributed by atoms with Crippen molar-refractivity contribution in [3.8, 4) is 5.75 Å². The Morgan fingerprint density at radius 1 is 0.769 bits per heavy atom. The summed E-state index contributed by atoms with van der Waals surface area (Å²) in [6.07, 6.45) is 1.11. The highest BCUT2D eigenvalue weighted by molar-refractivity contribution is 5.49. The summed E-state index contributed by atoms with van der Waals surface area (Å²) in [7, 11) is 1.77. The van der Waals surface area contributed by atoms with Crippen LogP contribution in [0.15, 0.2) is 12.1 Å². The predicted octanol–water partition coefficient (Wildman–Crippen LogP) is 9.09. The molecule has 0 atom stereocenters. The fourth-order valence-corrected chi connectivity index (χ4v) is 2.17. The van der Waals surface area contributed by atoms with Gasteiger partial charge in [0.05, 0.1) is 7.11 Å². The highest BCUT2D eigenvalue weighted by Crippen LogP contribution is 2.39. The maximum atomic E-state index is 5.63. The Hall–Kier alpha value is -0.980. The van der Waals surface area contributed by atoms with Crippen molar-refractivity contribution in [3.63, 3.8) is 0 Å². The summed E-state index contributed by atoms with van der Waals surface area (Å²) in [6.45, 7) is 31.7. The normalized spacial score (nSPS) is 9.69. The van der Waals surface area contributed by atoms with E-state index >= 15 is 0 Å². The summed E-state index contributed by atoms with van der Waals surface area (Å²) in [5.74, 6) is 1.05. The Bertz CT molecular complexity index is 423. The predicted molar refractivity (Wildman–Crippen MR) is 125 cm³/mol. The maximum absolute atomic E-state index is 5.63. The fourth-order valence-electron chi connectivity index (χ4n) is 2.17. The third-order valence-corrected chi connectivity index (χ3v) is 3.96. The standard InChI is InChI=1S/C17H28O.4C2H6/c1-9-17(6,7)14-11-13(16(3,4)5)10-12(2)15(14)18-8;4*1-2/h10-11H,9H2,1-8H3;4*1-2H3. The van der Waals surface area contributed by atoms with Crippen molar-refractivity contribution in [1.82, 2.24) is 0 Å². The van der Waals surface area contributed by atoms with E-state index in [1.54, 1.807) is 7.11 Å². The average Bonchev–Trinajstić information content (AvgIpc) is 2.66. The van der Waals surface area contributed by atoms with Gasteiger partial charge in [-0.25, -0.2) is 0 Å². The SMILES string of the molecule is CC.CC.CC.CC.CCC(C)(C)c1cc(C(C)(C)C)cc(C)c1OC. The van der Waals surface area contributed by atoms with Crippen LogP contribution in [0.25, 0.3) is 0 Å². The second-order valence-corrected chi connectivity index (χ2v) is 6.86. The first-order valence-electron chi connectivity index (χ1n) is 10.8. The minimum absolute atomic E-state index is 0.150. The van der Waals surface area contributed by atoms with E-state index in [9.17, 15) is 0 Å². The van der Waals surface area contributed by atoms with Crippen molar-refractivity contribution in [2.75, 3.05) is 7.11 Å². The molecule has 0 aliphatic carbocycles. The summed E-state index contributed by atoms with van der Waals surface area (Å²) in [4.78, 5) is 0. The summed E-state index contributed by atoms with van der Waals surface area (Å²) in [5.41, 5.74) is 4.28. The van der Waals surface area contributed by atoms with Gasteiger partial charge in [0.1, 0.15) is 5.75 Å². The monoisotopic (exact) mass is 368 g/mol. The van der Waals surface area contributed by atoms with Gasteiger partial charge in [0.15, 0.2) is 0 Å². The molecule has 0 aliphatic heterocycles. The Labute approximate surface area is 168 Å². The van der Waals surface area contributed by atoms with E-state index in [-0.39, 0.29) is 10.8 Å². The molecule has 1 heteroatoms. The van der Waals surface area contributed by atoms with Gasteiger partial charge in [0.25, 0.3) is 0 Å². The molecule has 1 nitrogen and oxygen atoms in total. The molecule has 0 spiro atoms. The average molecular weight is 369 g/mol. The van der Waals surface area contributed by atoms with E-state index in [0.29, 0.717) is 0 Å². The first-order valence-corrected chi connectivity index (χ1v) is 10.8. The molecule has 0 fully saturated rings. The van der Waals surface area contributed by atoms with Gasteiger partial charge in [0.2, 0.25) is 0 Å². The van der Waals surface area contributed by atoms with Crippen molar-refractivity contribution in [1.29, 1.82) is 0 Å². The van der Waals surface area contributed by atoms with E-state index in [1.807, 2.05) is 55.4 Å². The summed E-state index contributed by atoms with van der Waals surface area (Å²) < 4.78 is 5.63. The minimum Gasteiger partial charge on any atom is -0.496 e. The van der Waals surface area contributed by atoms with Crippen LogP contribution in [-0.2, 0) is 10.8 Å². The van der Waals surface area contributed by atoms with Gasteiger partial charge in [0, 0.05) is 5.56 Å². The van der Waals surface area contributed by atoms with Crippen molar-refractivity contribution in [2.45, 2.75) is 121 Å². The van der Waals surface area contributed by atoms with Gasteiger partial charge in [-0.3, -0.25) is 0 Å². The zero-order valence-electron chi connectivity index (χ0n) is 21.3. The number of hydrogen-bond acceptors (Lipinski definition) is 1. The lowest BCUT2D eigenvalue weighted by Crippen LogP contribution is -2.20. The van der Waals surface area contributed by atoms with Gasteiger partial charge >= 0.3 is 0 Å². The van der Waals surface area contributed by atoms with Gasteiger partial charge in [-0.2, -0.15) is 0 Å². The first-order chi connectivity index (χ1) is 12.1. The molecule has 0 aliphatic rings. The number of ether oxygens (including phenoxy) is 1. The molecule has 0 unspecified atom stereocenters. The van der Waals surface area contributed by atoms with E-state index in [1.165, 1.54) is 16.7 Å². The lowest BCUT2D eigenvalue weighted by molar-refractivity contribution is 0.385. The second kappa shape index (κ2) is 17.4. The second-order valence-electron chi connectivity index (χ2n) is 6.86. The lowest BCUT2D eigenvalue weighted by Gasteiger charge is -2.30. The number of benzene rings is 1. The van der Waals surface area contributed by atoms with Gasteiger partial charge in [-0.1, -0.05) is 109 Å². The molecule has 0 bridgehead atoms. The molecule has 1 aromatic rings. The van der Waals surface area contributed by atoms with Crippen LogP contribution in [0.3, 0.4) is 0 Å². The highest BCUT2D eigenvalue weighted by Gasteiger charge is 2.26. The molecule has 0 saturated carbocycles. The Morgan fingerprint density at radius 2 is 1.15 bits per heavy atom. The number of aryl methyl sites for hydroxylation is 1. The third kappa shape index (κ3) is 10.9. The van der Waals surface area contributed by atoms with Crippen LogP contribution in [0.5, 0.6) is 5.75 Å². The molecule has 1 aromatic carbocycles. The smallest absolute Gasteiger partial charge is 0.125 e. The molecule has 26 heavy (non-hydrogen) atoms. The summed E-state index contributed by atoms with van der Waals surface area (Å²) in [6, 6.07) is 4.59. The molecular weight excluding hydrogens is 316 g/mol. The van der Waals surface area contributed by atoms with Crippen LogP contribution in [0.1, 0.15) is 120 Å². The number of rotatable bonds is 3. The van der Waals surface area contributed by atoms with Crippen LogP contribution >= 0.6 is 0 Å². The van der Waals surface area contributed by atoms with Crippen LogP contribution < -0.4 is 4.74 Å². The van der Waals surface area contributed by atoms with E-state index in [2.05, 4.69) is 60.6 Å². The molecule has 0 radical (unpaired) electrons. The molecule has 1 rings (SSSR count). The molecule has 0 aromatic heterocycles. The fraction of sp³-hybridized carbons (Fsp3) is 0.760. The van der Waals surface area contributed by atoms with Crippen LogP contribution in [-0.4, -0.2) is 7.11 Å².